The van der Waals surface area contributed by atoms with Crippen LogP contribution in [0, 0.1) is 6.92 Å². The number of carbonyl (C=O) groups excluding carboxylic acids is 1. The van der Waals surface area contributed by atoms with Gasteiger partial charge in [0.05, 0.1) is 17.1 Å². The Hall–Kier alpha value is -1.52. The summed E-state index contributed by atoms with van der Waals surface area (Å²) in [6, 6.07) is 7.92. The number of hydrogen-bond donors (Lipinski definition) is 0. The lowest BCUT2D eigenvalue weighted by molar-refractivity contribution is 0.0994. The Morgan fingerprint density at radius 3 is 2.94 bits per heavy atom. The van der Waals surface area contributed by atoms with Crippen LogP contribution in [0.2, 0.25) is 0 Å². The number of benzene rings is 1. The van der Waals surface area contributed by atoms with Gasteiger partial charge < -0.3 is 0 Å². The number of hydrogen-bond acceptors (Lipinski definition) is 4. The number of thiophene rings is 1. The molecule has 0 radical (unpaired) electrons. The maximum absolute atomic E-state index is 12.3. The van der Waals surface area contributed by atoms with Crippen LogP contribution in [0.3, 0.4) is 0 Å². The highest BCUT2D eigenvalue weighted by molar-refractivity contribution is 7.17. The minimum atomic E-state index is 0.147. The molecule has 0 atom stereocenters. The summed E-state index contributed by atoms with van der Waals surface area (Å²) in [6.45, 7) is 1.96. The van der Waals surface area contributed by atoms with Gasteiger partial charge in [0.2, 0.25) is 0 Å². The first-order valence-electron chi connectivity index (χ1n) is 5.64. The van der Waals surface area contributed by atoms with Gasteiger partial charge in [0, 0.05) is 15.6 Å². The highest BCUT2D eigenvalue weighted by Crippen LogP contribution is 2.25. The van der Waals surface area contributed by atoms with Crippen molar-refractivity contribution in [2.75, 3.05) is 0 Å². The molecule has 0 bridgehead atoms. The molecule has 3 aromatic rings. The van der Waals surface area contributed by atoms with Crippen LogP contribution in [0.15, 0.2) is 35.0 Å². The molecule has 1 aromatic carbocycles. The van der Waals surface area contributed by atoms with Gasteiger partial charge in [0.1, 0.15) is 0 Å². The number of carbonyl (C=O) groups is 1. The van der Waals surface area contributed by atoms with E-state index in [2.05, 4.69) is 4.98 Å². The molecule has 18 heavy (non-hydrogen) atoms. The Morgan fingerprint density at radius 2 is 2.17 bits per heavy atom. The van der Waals surface area contributed by atoms with Crippen LogP contribution in [0.25, 0.3) is 10.1 Å². The van der Waals surface area contributed by atoms with Crippen LogP contribution < -0.4 is 0 Å². The van der Waals surface area contributed by atoms with Crippen molar-refractivity contribution in [3.8, 4) is 0 Å². The molecule has 0 saturated heterocycles. The smallest absolute Gasteiger partial charge is 0.170 e. The largest absolute Gasteiger partial charge is 0.294 e. The molecule has 2 nitrogen and oxygen atoms in total. The molecule has 0 saturated carbocycles. The first kappa shape index (κ1) is 11.6. The van der Waals surface area contributed by atoms with E-state index in [1.54, 1.807) is 22.7 Å². The summed E-state index contributed by atoms with van der Waals surface area (Å²) < 4.78 is 1.08. The zero-order valence-electron chi connectivity index (χ0n) is 9.84. The van der Waals surface area contributed by atoms with Gasteiger partial charge in [-0.15, -0.1) is 22.7 Å². The SMILES string of the molecule is Cc1nc(CC(=O)c2cccc3ccsc23)cs1. The first-order chi connectivity index (χ1) is 8.74. The van der Waals surface area contributed by atoms with E-state index in [0.29, 0.717) is 6.42 Å². The number of thiazole rings is 1. The van der Waals surface area contributed by atoms with E-state index in [1.807, 2.05) is 41.9 Å². The molecule has 0 fully saturated rings. The molecule has 3 rings (SSSR count). The van der Waals surface area contributed by atoms with E-state index >= 15 is 0 Å². The fourth-order valence-corrected chi connectivity index (χ4v) is 3.51. The lowest BCUT2D eigenvalue weighted by atomic mass is 10.1. The van der Waals surface area contributed by atoms with E-state index in [9.17, 15) is 4.79 Å². The molecule has 2 heterocycles. The Balaban J connectivity index is 1.94. The second-order valence-electron chi connectivity index (χ2n) is 4.10. The van der Waals surface area contributed by atoms with Crippen molar-refractivity contribution in [3.05, 3.63) is 51.3 Å². The highest BCUT2D eigenvalue weighted by Gasteiger charge is 2.12. The third-order valence-corrected chi connectivity index (χ3v) is 4.57. The topological polar surface area (TPSA) is 30.0 Å². The summed E-state index contributed by atoms with van der Waals surface area (Å²) in [7, 11) is 0. The Bertz CT molecular complexity index is 711. The minimum absolute atomic E-state index is 0.147. The molecule has 0 N–H and O–H groups in total. The maximum atomic E-state index is 12.3. The number of aryl methyl sites for hydroxylation is 1. The van der Waals surface area contributed by atoms with Gasteiger partial charge >= 0.3 is 0 Å². The predicted molar refractivity (Wildman–Crippen MR) is 76.7 cm³/mol. The molecule has 0 aliphatic rings. The average molecular weight is 273 g/mol. The lowest BCUT2D eigenvalue weighted by Gasteiger charge is -2.00. The molecule has 0 spiro atoms. The van der Waals surface area contributed by atoms with E-state index in [0.717, 1.165) is 26.4 Å². The first-order valence-corrected chi connectivity index (χ1v) is 7.40. The van der Waals surface area contributed by atoms with E-state index < -0.39 is 0 Å². The second-order valence-corrected chi connectivity index (χ2v) is 6.08. The van der Waals surface area contributed by atoms with Gasteiger partial charge in [-0.25, -0.2) is 4.98 Å². The number of ketones is 1. The van der Waals surface area contributed by atoms with Crippen molar-refractivity contribution in [2.24, 2.45) is 0 Å². The molecule has 2 aromatic heterocycles. The fourth-order valence-electron chi connectivity index (χ4n) is 1.96. The number of aromatic nitrogens is 1. The summed E-state index contributed by atoms with van der Waals surface area (Å²) in [6.07, 6.45) is 0.390. The van der Waals surface area contributed by atoms with Crippen molar-refractivity contribution < 1.29 is 4.79 Å². The number of nitrogens with zero attached hydrogens (tertiary/aromatic N) is 1. The number of fused-ring (bicyclic) bond motifs is 1. The lowest BCUT2D eigenvalue weighted by Crippen LogP contribution is -2.03. The molecule has 0 aliphatic heterocycles. The van der Waals surface area contributed by atoms with Crippen molar-refractivity contribution in [2.45, 2.75) is 13.3 Å². The Kier molecular flexibility index (Phi) is 2.97. The van der Waals surface area contributed by atoms with Gasteiger partial charge in [-0.05, 0) is 29.8 Å². The van der Waals surface area contributed by atoms with Crippen molar-refractivity contribution >= 4 is 38.5 Å². The van der Waals surface area contributed by atoms with Crippen LogP contribution in [-0.2, 0) is 6.42 Å². The summed E-state index contributed by atoms with van der Waals surface area (Å²) in [5, 5.41) is 6.13. The zero-order chi connectivity index (χ0) is 12.5. The summed E-state index contributed by atoms with van der Waals surface area (Å²) in [5.41, 5.74) is 1.68. The number of rotatable bonds is 3. The summed E-state index contributed by atoms with van der Waals surface area (Å²) in [4.78, 5) is 16.7. The van der Waals surface area contributed by atoms with Gasteiger partial charge in [-0.2, -0.15) is 0 Å². The molecule has 90 valence electrons. The maximum Gasteiger partial charge on any atom is 0.170 e. The van der Waals surface area contributed by atoms with Crippen LogP contribution in [0.4, 0.5) is 0 Å². The molecule has 0 aliphatic carbocycles. The van der Waals surface area contributed by atoms with Crippen LogP contribution in [0.1, 0.15) is 21.1 Å². The van der Waals surface area contributed by atoms with Crippen molar-refractivity contribution in [3.63, 3.8) is 0 Å². The van der Waals surface area contributed by atoms with E-state index in [1.165, 1.54) is 0 Å². The highest BCUT2D eigenvalue weighted by atomic mass is 32.1. The van der Waals surface area contributed by atoms with Gasteiger partial charge in [-0.3, -0.25) is 4.79 Å². The van der Waals surface area contributed by atoms with E-state index in [-0.39, 0.29) is 5.78 Å². The summed E-state index contributed by atoms with van der Waals surface area (Å²) in [5.74, 6) is 0.147. The van der Waals surface area contributed by atoms with Gasteiger partial charge in [0.15, 0.2) is 5.78 Å². The van der Waals surface area contributed by atoms with Crippen LogP contribution in [-0.4, -0.2) is 10.8 Å². The van der Waals surface area contributed by atoms with E-state index in [4.69, 9.17) is 0 Å². The quantitative estimate of drug-likeness (QED) is 0.673. The van der Waals surface area contributed by atoms with Crippen LogP contribution in [0.5, 0.6) is 0 Å². The molecule has 0 unspecified atom stereocenters. The standard InChI is InChI=1S/C14H11NOS2/c1-9-15-11(8-18-9)7-13(16)12-4-2-3-10-5-6-17-14(10)12/h2-6,8H,7H2,1H3. The third-order valence-electron chi connectivity index (χ3n) is 2.79. The summed E-state index contributed by atoms with van der Waals surface area (Å²) >= 11 is 3.21. The molecular formula is C14H11NOS2. The third kappa shape index (κ3) is 2.09. The molecule has 0 amide bonds. The van der Waals surface area contributed by atoms with Crippen molar-refractivity contribution in [1.29, 1.82) is 0 Å². The predicted octanol–water partition coefficient (Wildman–Crippen LogP) is 4.09. The monoisotopic (exact) mass is 273 g/mol. The van der Waals surface area contributed by atoms with Crippen LogP contribution >= 0.6 is 22.7 Å². The molecule has 4 heteroatoms. The Morgan fingerprint density at radius 1 is 1.28 bits per heavy atom. The zero-order valence-corrected chi connectivity index (χ0v) is 11.5. The van der Waals surface area contributed by atoms with Gasteiger partial charge in [0.25, 0.3) is 0 Å². The number of Topliss-reactive ketones (excluding diaryl/α,β-unsaturated/α-hetero) is 1. The molecular weight excluding hydrogens is 262 g/mol. The Labute approximate surface area is 113 Å². The minimum Gasteiger partial charge on any atom is -0.294 e. The fraction of sp³-hybridized carbons (Fsp3) is 0.143. The van der Waals surface area contributed by atoms with Crippen molar-refractivity contribution in [1.82, 2.24) is 4.98 Å². The van der Waals surface area contributed by atoms with Gasteiger partial charge in [-0.1, -0.05) is 12.1 Å². The second kappa shape index (κ2) is 4.63. The average Bonchev–Trinajstić information content (AvgIpc) is 2.97. The normalized spacial score (nSPS) is 10.9.